The van der Waals surface area contributed by atoms with E-state index in [1.54, 1.807) is 4.72 Å². The number of aliphatic hydroxyl groups is 8. The molecule has 17 heteroatoms. The second-order valence-electron chi connectivity index (χ2n) is 7.29. The zero-order valence-corrected chi connectivity index (χ0v) is 17.9. The number of hydrogen-bond donors (Lipinski definition) is 9. The average molecular weight is 505 g/mol. The summed E-state index contributed by atoms with van der Waals surface area (Å²) in [6, 6.07) is 0. The van der Waals surface area contributed by atoms with E-state index in [1.165, 1.54) is 6.92 Å². The van der Waals surface area contributed by atoms with Crippen molar-refractivity contribution in [1.82, 2.24) is 4.72 Å². The van der Waals surface area contributed by atoms with Gasteiger partial charge in [-0.3, -0.25) is 4.79 Å². The predicted molar refractivity (Wildman–Crippen MR) is 101 cm³/mol. The molecule has 0 unspecified atom stereocenters. The highest BCUT2D eigenvalue weighted by molar-refractivity contribution is 7.85. The molecule has 192 valence electrons. The van der Waals surface area contributed by atoms with Gasteiger partial charge in [0.25, 0.3) is 5.91 Å². The van der Waals surface area contributed by atoms with Crippen LogP contribution in [0.25, 0.3) is 0 Å². The Kier molecular flexibility index (Phi) is 9.50. The van der Waals surface area contributed by atoms with Gasteiger partial charge in [0.15, 0.2) is 12.6 Å². The molecule has 2 saturated heterocycles. The lowest BCUT2D eigenvalue weighted by Gasteiger charge is -2.44. The highest BCUT2D eigenvalue weighted by Gasteiger charge is 2.49. The standard InChI is InChI=1S/C12H22O11.C4H5NO4S/c13-1-3-5(15)7(17)9(19)11(21-3)23-12-10(20)8(18)6(16)4(2-14)22-12;1-3-2-4(6)5-10(7,8)9-3/h3-20H,1-2H2;2H,1H3,(H,5,6)/t3-,4-,5-,6-,7+,8+,9-,10-,11-,12-;/m1./s1. The maximum atomic E-state index is 10.5. The normalized spacial score (nSPS) is 42.8. The van der Waals surface area contributed by atoms with E-state index in [-0.39, 0.29) is 5.76 Å². The lowest BCUT2D eigenvalue weighted by atomic mass is 9.98. The summed E-state index contributed by atoms with van der Waals surface area (Å²) in [6.07, 6.45) is -14.5. The summed E-state index contributed by atoms with van der Waals surface area (Å²) in [4.78, 5) is 10.4. The number of rotatable bonds is 4. The van der Waals surface area contributed by atoms with Crippen LogP contribution in [-0.4, -0.2) is 130 Å². The van der Waals surface area contributed by atoms with Gasteiger partial charge in [-0.15, -0.1) is 0 Å². The van der Waals surface area contributed by atoms with E-state index in [9.17, 15) is 43.9 Å². The van der Waals surface area contributed by atoms with Crippen LogP contribution in [-0.2, 0) is 33.5 Å². The van der Waals surface area contributed by atoms with Gasteiger partial charge in [0.05, 0.1) is 13.2 Å². The Balaban J connectivity index is 0.000000321. The molecule has 33 heavy (non-hydrogen) atoms. The molecule has 0 bridgehead atoms. The smallest absolute Gasteiger partial charge is 0.394 e. The highest BCUT2D eigenvalue weighted by atomic mass is 32.2. The van der Waals surface area contributed by atoms with Crippen molar-refractivity contribution in [3.05, 3.63) is 11.8 Å². The molecule has 3 heterocycles. The second kappa shape index (κ2) is 11.3. The van der Waals surface area contributed by atoms with E-state index < -0.39 is 90.8 Å². The Morgan fingerprint density at radius 2 is 1.27 bits per heavy atom. The molecule has 16 nitrogen and oxygen atoms in total. The molecule has 0 saturated carbocycles. The topological polar surface area (TPSA) is 262 Å². The van der Waals surface area contributed by atoms with E-state index >= 15 is 0 Å². The maximum absolute atomic E-state index is 10.5. The highest BCUT2D eigenvalue weighted by Crippen LogP contribution is 2.27. The summed E-state index contributed by atoms with van der Waals surface area (Å²) in [5.41, 5.74) is 0. The Hall–Kier alpha value is -1.48. The minimum Gasteiger partial charge on any atom is -0.394 e. The molecule has 10 atom stereocenters. The summed E-state index contributed by atoms with van der Waals surface area (Å²) in [5.74, 6) is -0.604. The number of allylic oxidation sites excluding steroid dienone is 1. The first kappa shape index (κ1) is 27.8. The van der Waals surface area contributed by atoms with Crippen LogP contribution in [0.3, 0.4) is 0 Å². The van der Waals surface area contributed by atoms with Crippen molar-refractivity contribution < 1.29 is 72.5 Å². The largest absolute Gasteiger partial charge is 0.409 e. The maximum Gasteiger partial charge on any atom is 0.409 e. The minimum atomic E-state index is -3.85. The van der Waals surface area contributed by atoms with Crippen molar-refractivity contribution >= 4 is 16.2 Å². The van der Waals surface area contributed by atoms with Crippen LogP contribution in [0.2, 0.25) is 0 Å². The summed E-state index contributed by atoms with van der Waals surface area (Å²) in [5, 5.41) is 76.4. The molecule has 0 aliphatic carbocycles. The number of hydrogen-bond acceptors (Lipinski definition) is 15. The van der Waals surface area contributed by atoms with E-state index in [1.807, 2.05) is 0 Å². The van der Waals surface area contributed by atoms with Gasteiger partial charge in [-0.1, -0.05) is 0 Å². The van der Waals surface area contributed by atoms with Crippen molar-refractivity contribution in [2.24, 2.45) is 0 Å². The Bertz CT molecular complexity index is 768. The van der Waals surface area contributed by atoms with Crippen LogP contribution in [0.5, 0.6) is 0 Å². The van der Waals surface area contributed by atoms with Crippen LogP contribution >= 0.6 is 0 Å². The van der Waals surface area contributed by atoms with Crippen molar-refractivity contribution in [1.29, 1.82) is 0 Å². The Morgan fingerprint density at radius 1 is 0.848 bits per heavy atom. The van der Waals surface area contributed by atoms with Gasteiger partial charge in [-0.2, -0.15) is 8.42 Å². The Labute approximate surface area is 187 Å². The number of ether oxygens (including phenoxy) is 3. The number of aliphatic hydroxyl groups excluding tert-OH is 8. The van der Waals surface area contributed by atoms with Crippen molar-refractivity contribution in [3.8, 4) is 0 Å². The van der Waals surface area contributed by atoms with Crippen LogP contribution in [0, 0.1) is 0 Å². The van der Waals surface area contributed by atoms with Gasteiger partial charge in [-0.05, 0) is 6.92 Å². The van der Waals surface area contributed by atoms with Crippen molar-refractivity contribution in [2.45, 2.75) is 68.3 Å². The number of carbonyl (C=O) groups excluding carboxylic acids is 1. The van der Waals surface area contributed by atoms with Gasteiger partial charge < -0.3 is 59.2 Å². The molecule has 3 rings (SSSR count). The van der Waals surface area contributed by atoms with Gasteiger partial charge in [-0.25, -0.2) is 4.72 Å². The summed E-state index contributed by atoms with van der Waals surface area (Å²) in [7, 11) is -3.85. The predicted octanol–water partition coefficient (Wildman–Crippen LogP) is -6.12. The fourth-order valence-corrected chi connectivity index (χ4v) is 3.79. The third kappa shape index (κ3) is 6.78. The molecule has 0 aromatic carbocycles. The van der Waals surface area contributed by atoms with Crippen LogP contribution in [0.15, 0.2) is 11.8 Å². The summed E-state index contributed by atoms with van der Waals surface area (Å²) >= 11 is 0. The van der Waals surface area contributed by atoms with Crippen molar-refractivity contribution in [2.75, 3.05) is 13.2 Å². The van der Waals surface area contributed by atoms with Crippen molar-refractivity contribution in [3.63, 3.8) is 0 Å². The van der Waals surface area contributed by atoms with E-state index in [4.69, 9.17) is 24.4 Å². The molecule has 3 aliphatic heterocycles. The van der Waals surface area contributed by atoms with Gasteiger partial charge >= 0.3 is 10.3 Å². The van der Waals surface area contributed by atoms with Crippen LogP contribution in [0.1, 0.15) is 6.92 Å². The molecule has 0 aromatic rings. The van der Waals surface area contributed by atoms with Crippen LogP contribution in [0.4, 0.5) is 0 Å². The Morgan fingerprint density at radius 3 is 1.61 bits per heavy atom. The van der Waals surface area contributed by atoms with Gasteiger partial charge in [0, 0.05) is 6.08 Å². The molecule has 0 radical (unpaired) electrons. The minimum absolute atomic E-state index is 0.0729. The van der Waals surface area contributed by atoms with E-state index in [0.29, 0.717) is 0 Å². The zero-order valence-electron chi connectivity index (χ0n) is 17.1. The SMILES string of the molecule is CC1=CC(=O)NS(=O)(=O)O1.OC[C@H]1O[C@H](O[C@H]2O[C@H](CO)[C@@H](O)[C@H](O)[C@H]2O)[C@H](O)[C@@H](O)[C@@H]1O. The van der Waals surface area contributed by atoms with Gasteiger partial charge in [0.2, 0.25) is 0 Å². The first-order valence-corrected chi connectivity index (χ1v) is 10.9. The zero-order chi connectivity index (χ0) is 25.1. The fraction of sp³-hybridized carbons (Fsp3) is 0.812. The number of nitrogens with one attached hydrogen (secondary N) is 1. The molecular formula is C16H27NO15S. The molecule has 0 spiro atoms. The lowest BCUT2D eigenvalue weighted by molar-refractivity contribution is -0.376. The van der Waals surface area contributed by atoms with E-state index in [2.05, 4.69) is 4.18 Å². The van der Waals surface area contributed by atoms with Gasteiger partial charge in [0.1, 0.15) is 54.6 Å². The molecular weight excluding hydrogens is 478 g/mol. The monoisotopic (exact) mass is 505 g/mol. The molecule has 1 amide bonds. The fourth-order valence-electron chi connectivity index (χ4n) is 3.05. The molecule has 0 aromatic heterocycles. The quantitative estimate of drug-likeness (QED) is 0.172. The lowest BCUT2D eigenvalue weighted by Crippen LogP contribution is -2.63. The number of amides is 1. The molecule has 3 aliphatic rings. The molecule has 2 fully saturated rings. The molecule has 9 N–H and O–H groups in total. The average Bonchev–Trinajstić information content (AvgIpc) is 2.72. The number of carbonyl (C=O) groups is 1. The third-order valence-corrected chi connectivity index (χ3v) is 5.70. The first-order valence-electron chi connectivity index (χ1n) is 9.52. The summed E-state index contributed by atoms with van der Waals surface area (Å²) in [6.45, 7) is 0.0509. The summed E-state index contributed by atoms with van der Waals surface area (Å²) < 4.78 is 42.1. The third-order valence-electron chi connectivity index (χ3n) is 4.77. The van der Waals surface area contributed by atoms with E-state index in [0.717, 1.165) is 6.08 Å². The first-order chi connectivity index (χ1) is 15.3. The van der Waals surface area contributed by atoms with Crippen LogP contribution < -0.4 is 4.72 Å². The second-order valence-corrected chi connectivity index (χ2v) is 8.57.